The molecular weight excluding hydrogens is 456 g/mol. The third-order valence-electron chi connectivity index (χ3n) is 3.53. The smallest absolute Gasteiger partial charge is 0.191 e. The van der Waals surface area contributed by atoms with Gasteiger partial charge in [0.2, 0.25) is 0 Å². The highest BCUT2D eigenvalue weighted by molar-refractivity contribution is 14.0. The fourth-order valence-corrected chi connectivity index (χ4v) is 2.85. The van der Waals surface area contributed by atoms with Crippen molar-refractivity contribution in [1.29, 1.82) is 0 Å². The van der Waals surface area contributed by atoms with Crippen molar-refractivity contribution >= 4 is 39.8 Å². The van der Waals surface area contributed by atoms with Gasteiger partial charge in [0.25, 0.3) is 0 Å². The molecule has 1 aromatic rings. The van der Waals surface area contributed by atoms with E-state index in [1.165, 1.54) is 12.1 Å². The molecule has 0 heterocycles. The SMILES string of the molecule is CCNC(=NCCS(=O)(=O)C(C)(C)C)NCCc1ccc(F)cc1.I. The summed E-state index contributed by atoms with van der Waals surface area (Å²) in [5.41, 5.74) is 1.02. The lowest BCUT2D eigenvalue weighted by Gasteiger charge is -2.18. The largest absolute Gasteiger partial charge is 0.357 e. The van der Waals surface area contributed by atoms with Gasteiger partial charge in [-0.25, -0.2) is 12.8 Å². The van der Waals surface area contributed by atoms with Crippen molar-refractivity contribution in [3.05, 3.63) is 35.6 Å². The quantitative estimate of drug-likeness (QED) is 0.354. The van der Waals surface area contributed by atoms with Crippen LogP contribution in [0.4, 0.5) is 4.39 Å². The molecule has 1 aromatic carbocycles. The van der Waals surface area contributed by atoms with Crippen LogP contribution >= 0.6 is 24.0 Å². The number of nitrogens with zero attached hydrogens (tertiary/aromatic N) is 1. The van der Waals surface area contributed by atoms with Gasteiger partial charge in [0.05, 0.1) is 17.0 Å². The van der Waals surface area contributed by atoms with E-state index in [9.17, 15) is 12.8 Å². The molecule has 0 atom stereocenters. The van der Waals surface area contributed by atoms with Crippen LogP contribution in [0, 0.1) is 5.82 Å². The first kappa shape index (κ1) is 24.1. The van der Waals surface area contributed by atoms with Crippen LogP contribution in [0.5, 0.6) is 0 Å². The van der Waals surface area contributed by atoms with Gasteiger partial charge in [-0.15, -0.1) is 24.0 Å². The van der Waals surface area contributed by atoms with Crippen LogP contribution in [0.3, 0.4) is 0 Å². The lowest BCUT2D eigenvalue weighted by molar-refractivity contribution is 0.560. The minimum absolute atomic E-state index is 0. The second kappa shape index (κ2) is 10.9. The molecule has 144 valence electrons. The van der Waals surface area contributed by atoms with E-state index in [1.54, 1.807) is 32.9 Å². The van der Waals surface area contributed by atoms with Gasteiger partial charge in [0.1, 0.15) is 5.82 Å². The third kappa shape index (κ3) is 8.84. The maximum atomic E-state index is 12.9. The van der Waals surface area contributed by atoms with Crippen LogP contribution in [0.2, 0.25) is 0 Å². The lowest BCUT2D eigenvalue weighted by atomic mass is 10.1. The molecule has 0 aliphatic heterocycles. The van der Waals surface area contributed by atoms with Gasteiger partial charge >= 0.3 is 0 Å². The average molecular weight is 485 g/mol. The molecule has 2 N–H and O–H groups in total. The molecular formula is C17H29FIN3O2S. The van der Waals surface area contributed by atoms with E-state index in [1.807, 2.05) is 6.92 Å². The number of benzene rings is 1. The fraction of sp³-hybridized carbons (Fsp3) is 0.588. The number of rotatable bonds is 7. The molecule has 0 spiro atoms. The first-order chi connectivity index (χ1) is 11.2. The van der Waals surface area contributed by atoms with Crippen molar-refractivity contribution in [1.82, 2.24) is 10.6 Å². The Bertz CT molecular complexity index is 641. The Kier molecular flexibility index (Phi) is 10.6. The van der Waals surface area contributed by atoms with Crippen molar-refractivity contribution in [2.45, 2.75) is 38.9 Å². The maximum Gasteiger partial charge on any atom is 0.191 e. The van der Waals surface area contributed by atoms with Gasteiger partial charge in [-0.2, -0.15) is 0 Å². The predicted octanol–water partition coefficient (Wildman–Crippen LogP) is 2.75. The Hall–Kier alpha value is -0.900. The molecule has 0 fully saturated rings. The highest BCUT2D eigenvalue weighted by Gasteiger charge is 2.28. The lowest BCUT2D eigenvalue weighted by Crippen LogP contribution is -2.39. The van der Waals surface area contributed by atoms with Crippen LogP contribution in [-0.4, -0.2) is 44.5 Å². The molecule has 0 amide bonds. The molecule has 0 aromatic heterocycles. The standard InChI is InChI=1S/C17H28FN3O2S.HI/c1-5-19-16(21-12-13-24(22,23)17(2,3)4)20-11-10-14-6-8-15(18)9-7-14;/h6-9H,5,10-13H2,1-4H3,(H2,19,20,21);1H. The molecule has 0 bridgehead atoms. The fourth-order valence-electron chi connectivity index (χ4n) is 1.90. The number of hydrogen-bond donors (Lipinski definition) is 2. The highest BCUT2D eigenvalue weighted by atomic mass is 127. The van der Waals surface area contributed by atoms with E-state index in [4.69, 9.17) is 0 Å². The van der Waals surface area contributed by atoms with E-state index in [0.29, 0.717) is 19.0 Å². The minimum Gasteiger partial charge on any atom is -0.357 e. The van der Waals surface area contributed by atoms with Gasteiger partial charge in [-0.1, -0.05) is 12.1 Å². The Morgan fingerprint density at radius 1 is 1.16 bits per heavy atom. The van der Waals surface area contributed by atoms with Gasteiger partial charge in [-0.3, -0.25) is 4.99 Å². The molecule has 1 rings (SSSR count). The summed E-state index contributed by atoms with van der Waals surface area (Å²) in [6, 6.07) is 6.37. The Labute approximate surface area is 167 Å². The maximum absolute atomic E-state index is 12.9. The van der Waals surface area contributed by atoms with Crippen molar-refractivity contribution in [3.63, 3.8) is 0 Å². The normalized spacial score (nSPS) is 12.4. The molecule has 5 nitrogen and oxygen atoms in total. The van der Waals surface area contributed by atoms with E-state index < -0.39 is 14.6 Å². The predicted molar refractivity (Wildman–Crippen MR) is 113 cm³/mol. The number of hydrogen-bond acceptors (Lipinski definition) is 3. The number of guanidine groups is 1. The monoisotopic (exact) mass is 485 g/mol. The Morgan fingerprint density at radius 2 is 1.76 bits per heavy atom. The highest BCUT2D eigenvalue weighted by Crippen LogP contribution is 2.15. The Morgan fingerprint density at radius 3 is 2.28 bits per heavy atom. The topological polar surface area (TPSA) is 70.6 Å². The number of halogens is 2. The van der Waals surface area contributed by atoms with Gasteiger partial charge in [0.15, 0.2) is 15.8 Å². The summed E-state index contributed by atoms with van der Waals surface area (Å²) >= 11 is 0. The van der Waals surface area contributed by atoms with E-state index >= 15 is 0 Å². The van der Waals surface area contributed by atoms with E-state index in [-0.39, 0.29) is 42.1 Å². The third-order valence-corrected chi connectivity index (χ3v) is 6.11. The van der Waals surface area contributed by atoms with Crippen LogP contribution in [0.15, 0.2) is 29.3 Å². The minimum atomic E-state index is -3.17. The summed E-state index contributed by atoms with van der Waals surface area (Å²) in [6.45, 7) is 8.56. The zero-order valence-electron chi connectivity index (χ0n) is 15.3. The summed E-state index contributed by atoms with van der Waals surface area (Å²) in [5, 5.41) is 6.25. The van der Waals surface area contributed by atoms with E-state index in [2.05, 4.69) is 15.6 Å². The van der Waals surface area contributed by atoms with Gasteiger partial charge < -0.3 is 10.6 Å². The van der Waals surface area contributed by atoms with E-state index in [0.717, 1.165) is 12.0 Å². The number of sulfone groups is 1. The van der Waals surface area contributed by atoms with Gasteiger partial charge in [0, 0.05) is 13.1 Å². The Balaban J connectivity index is 0.00000576. The number of aliphatic imine (C=N–C) groups is 1. The first-order valence-electron chi connectivity index (χ1n) is 8.14. The van der Waals surface area contributed by atoms with Crippen molar-refractivity contribution in [2.24, 2.45) is 4.99 Å². The molecule has 0 saturated heterocycles. The second-order valence-corrected chi connectivity index (χ2v) is 9.36. The summed E-state index contributed by atoms with van der Waals surface area (Å²) in [5.74, 6) is 0.357. The molecule has 25 heavy (non-hydrogen) atoms. The average Bonchev–Trinajstić information content (AvgIpc) is 2.48. The van der Waals surface area contributed by atoms with Gasteiger partial charge in [-0.05, 0) is 51.8 Å². The molecule has 0 radical (unpaired) electrons. The summed E-state index contributed by atoms with van der Waals surface area (Å²) < 4.78 is 36.3. The zero-order valence-corrected chi connectivity index (χ0v) is 18.4. The van der Waals surface area contributed by atoms with Crippen molar-refractivity contribution in [3.8, 4) is 0 Å². The van der Waals surface area contributed by atoms with Crippen LogP contribution in [-0.2, 0) is 16.3 Å². The first-order valence-corrected chi connectivity index (χ1v) is 9.80. The molecule has 0 aliphatic carbocycles. The zero-order chi connectivity index (χ0) is 18.2. The summed E-state index contributed by atoms with van der Waals surface area (Å²) in [4.78, 5) is 4.31. The van der Waals surface area contributed by atoms with Crippen LogP contribution in [0.1, 0.15) is 33.3 Å². The molecule has 0 saturated carbocycles. The van der Waals surface area contributed by atoms with Crippen LogP contribution in [0.25, 0.3) is 0 Å². The van der Waals surface area contributed by atoms with Crippen LogP contribution < -0.4 is 10.6 Å². The van der Waals surface area contributed by atoms with Crippen molar-refractivity contribution in [2.75, 3.05) is 25.4 Å². The second-order valence-electron chi connectivity index (χ2n) is 6.50. The molecule has 0 unspecified atom stereocenters. The number of nitrogens with one attached hydrogen (secondary N) is 2. The molecule has 0 aliphatic rings. The molecule has 8 heteroatoms. The van der Waals surface area contributed by atoms with Crippen molar-refractivity contribution < 1.29 is 12.8 Å². The summed E-state index contributed by atoms with van der Waals surface area (Å²) in [6.07, 6.45) is 0.727. The summed E-state index contributed by atoms with van der Waals surface area (Å²) in [7, 11) is -3.17.